The zero-order valence-corrected chi connectivity index (χ0v) is 12.7. The molecule has 0 aliphatic carbocycles. The van der Waals surface area contributed by atoms with Gasteiger partial charge >= 0.3 is 0 Å². The first-order valence-electron chi connectivity index (χ1n) is 7.48. The highest BCUT2D eigenvalue weighted by Gasteiger charge is 2.28. The predicted octanol–water partition coefficient (Wildman–Crippen LogP) is 2.00. The smallest absolute Gasteiger partial charge is 0.225 e. The molecular formula is C17H19N5. The molecule has 2 heterocycles. The molecule has 1 aliphatic rings. The first-order valence-corrected chi connectivity index (χ1v) is 7.48. The largest absolute Gasteiger partial charge is 0.337 e. The van der Waals surface area contributed by atoms with Gasteiger partial charge in [-0.3, -0.25) is 4.90 Å². The Morgan fingerprint density at radius 3 is 2.77 bits per heavy atom. The van der Waals surface area contributed by atoms with Crippen LogP contribution in [0, 0.1) is 18.3 Å². The minimum Gasteiger partial charge on any atom is -0.337 e. The third-order valence-electron chi connectivity index (χ3n) is 3.93. The average molecular weight is 293 g/mol. The van der Waals surface area contributed by atoms with Gasteiger partial charge in [-0.05, 0) is 18.6 Å². The molecule has 3 rings (SSSR count). The van der Waals surface area contributed by atoms with E-state index in [2.05, 4.69) is 38.0 Å². The number of hydrogen-bond donors (Lipinski definition) is 0. The Bertz CT molecular complexity index is 664. The number of rotatable bonds is 3. The lowest BCUT2D eigenvalue weighted by Gasteiger charge is -2.38. The van der Waals surface area contributed by atoms with Crippen molar-refractivity contribution >= 4 is 5.95 Å². The minimum absolute atomic E-state index is 0.141. The molecule has 1 unspecified atom stereocenters. The molecule has 112 valence electrons. The highest BCUT2D eigenvalue weighted by Crippen LogP contribution is 2.17. The van der Waals surface area contributed by atoms with Gasteiger partial charge in [-0.2, -0.15) is 5.26 Å². The summed E-state index contributed by atoms with van der Waals surface area (Å²) < 4.78 is 0. The zero-order valence-electron chi connectivity index (χ0n) is 12.7. The van der Waals surface area contributed by atoms with Crippen LogP contribution in [0.4, 0.5) is 5.95 Å². The lowest BCUT2D eigenvalue weighted by atomic mass is 10.1. The molecule has 1 aromatic heterocycles. The van der Waals surface area contributed by atoms with Gasteiger partial charge in [0.1, 0.15) is 6.04 Å². The summed E-state index contributed by atoms with van der Waals surface area (Å²) in [5.41, 5.74) is 2.19. The summed E-state index contributed by atoms with van der Waals surface area (Å²) in [6, 6.07) is 14.4. The standard InChI is InChI=1S/C17H19N5/c1-14-7-8-19-17(20-14)22-10-9-21(16(11-18)13-22)12-15-5-3-2-4-6-15/h2-8,16H,9-10,12-13H2,1H3. The van der Waals surface area contributed by atoms with Crippen LogP contribution < -0.4 is 4.90 Å². The highest BCUT2D eigenvalue weighted by molar-refractivity contribution is 5.32. The van der Waals surface area contributed by atoms with E-state index in [1.165, 1.54) is 5.56 Å². The summed E-state index contributed by atoms with van der Waals surface area (Å²) in [5.74, 6) is 0.722. The molecule has 1 aromatic carbocycles. The number of piperazine rings is 1. The Kier molecular flexibility index (Phi) is 4.31. The maximum atomic E-state index is 9.50. The Balaban J connectivity index is 1.70. The molecule has 5 nitrogen and oxygen atoms in total. The molecule has 22 heavy (non-hydrogen) atoms. The Hall–Kier alpha value is -2.45. The van der Waals surface area contributed by atoms with Crippen molar-refractivity contribution in [2.24, 2.45) is 0 Å². The lowest BCUT2D eigenvalue weighted by molar-refractivity contribution is 0.204. The monoisotopic (exact) mass is 293 g/mol. The van der Waals surface area contributed by atoms with Crippen molar-refractivity contribution < 1.29 is 0 Å². The second-order valence-electron chi connectivity index (χ2n) is 5.55. The fourth-order valence-corrected chi connectivity index (χ4v) is 2.72. The molecule has 1 aliphatic heterocycles. The minimum atomic E-state index is -0.141. The number of aromatic nitrogens is 2. The normalized spacial score (nSPS) is 18.9. The molecule has 0 N–H and O–H groups in total. The van der Waals surface area contributed by atoms with Gasteiger partial charge in [0.25, 0.3) is 0 Å². The lowest BCUT2D eigenvalue weighted by Crippen LogP contribution is -2.52. The van der Waals surface area contributed by atoms with Crippen molar-refractivity contribution in [3.63, 3.8) is 0 Å². The van der Waals surface area contributed by atoms with Crippen LogP contribution in [0.25, 0.3) is 0 Å². The first-order chi connectivity index (χ1) is 10.8. The first kappa shape index (κ1) is 14.5. The topological polar surface area (TPSA) is 56.1 Å². The number of nitrogens with zero attached hydrogens (tertiary/aromatic N) is 5. The van der Waals surface area contributed by atoms with Crippen LogP contribution in [0.15, 0.2) is 42.6 Å². The van der Waals surface area contributed by atoms with E-state index in [0.717, 1.165) is 31.3 Å². The second kappa shape index (κ2) is 6.54. The Morgan fingerprint density at radius 1 is 1.23 bits per heavy atom. The molecule has 0 bridgehead atoms. The average Bonchev–Trinajstić information content (AvgIpc) is 2.56. The number of nitriles is 1. The van der Waals surface area contributed by atoms with E-state index in [4.69, 9.17) is 0 Å². The van der Waals surface area contributed by atoms with E-state index in [1.807, 2.05) is 31.2 Å². The van der Waals surface area contributed by atoms with Gasteiger partial charge in [0.05, 0.1) is 6.07 Å². The second-order valence-corrected chi connectivity index (χ2v) is 5.55. The van der Waals surface area contributed by atoms with Gasteiger partial charge in [-0.25, -0.2) is 9.97 Å². The molecule has 1 fully saturated rings. The van der Waals surface area contributed by atoms with E-state index in [9.17, 15) is 5.26 Å². The van der Waals surface area contributed by atoms with Crippen LogP contribution in [-0.2, 0) is 6.54 Å². The summed E-state index contributed by atoms with van der Waals surface area (Å²) in [6.45, 7) is 5.09. The van der Waals surface area contributed by atoms with Crippen molar-refractivity contribution in [1.82, 2.24) is 14.9 Å². The maximum absolute atomic E-state index is 9.50. The fourth-order valence-electron chi connectivity index (χ4n) is 2.72. The van der Waals surface area contributed by atoms with Gasteiger partial charge in [0.2, 0.25) is 5.95 Å². The van der Waals surface area contributed by atoms with E-state index in [-0.39, 0.29) is 6.04 Å². The third kappa shape index (κ3) is 3.23. The van der Waals surface area contributed by atoms with Crippen molar-refractivity contribution in [3.8, 4) is 6.07 Å². The summed E-state index contributed by atoms with van der Waals surface area (Å²) in [4.78, 5) is 13.1. The molecule has 0 amide bonds. The number of aryl methyl sites for hydroxylation is 1. The molecule has 1 saturated heterocycles. The van der Waals surface area contributed by atoms with Gasteiger partial charge in [-0.15, -0.1) is 0 Å². The number of benzene rings is 1. The molecule has 0 saturated carbocycles. The van der Waals surface area contributed by atoms with Crippen LogP contribution in [0.1, 0.15) is 11.3 Å². The number of anilines is 1. The van der Waals surface area contributed by atoms with Gasteiger partial charge < -0.3 is 4.90 Å². The maximum Gasteiger partial charge on any atom is 0.225 e. The summed E-state index contributed by atoms with van der Waals surface area (Å²) in [7, 11) is 0. The van der Waals surface area contributed by atoms with Crippen LogP contribution in [-0.4, -0.2) is 40.5 Å². The van der Waals surface area contributed by atoms with Crippen LogP contribution in [0.5, 0.6) is 0 Å². The van der Waals surface area contributed by atoms with Crippen LogP contribution in [0.2, 0.25) is 0 Å². The SMILES string of the molecule is Cc1ccnc(N2CCN(Cc3ccccc3)C(C#N)C2)n1. The summed E-state index contributed by atoms with van der Waals surface area (Å²) >= 11 is 0. The van der Waals surface area contributed by atoms with E-state index < -0.39 is 0 Å². The van der Waals surface area contributed by atoms with Crippen molar-refractivity contribution in [2.45, 2.75) is 19.5 Å². The molecule has 2 aromatic rings. The zero-order chi connectivity index (χ0) is 15.4. The number of hydrogen-bond acceptors (Lipinski definition) is 5. The quantitative estimate of drug-likeness (QED) is 0.866. The highest BCUT2D eigenvalue weighted by atomic mass is 15.3. The summed E-state index contributed by atoms with van der Waals surface area (Å²) in [6.07, 6.45) is 1.77. The Morgan fingerprint density at radius 2 is 2.05 bits per heavy atom. The molecule has 1 atom stereocenters. The van der Waals surface area contributed by atoms with Gasteiger partial charge in [-0.1, -0.05) is 30.3 Å². The Labute approximate surface area is 130 Å². The van der Waals surface area contributed by atoms with E-state index in [1.54, 1.807) is 6.20 Å². The van der Waals surface area contributed by atoms with Crippen molar-refractivity contribution in [3.05, 3.63) is 53.9 Å². The van der Waals surface area contributed by atoms with Gasteiger partial charge in [0, 0.05) is 38.1 Å². The van der Waals surface area contributed by atoms with E-state index >= 15 is 0 Å². The molecule has 0 spiro atoms. The molecular weight excluding hydrogens is 274 g/mol. The van der Waals surface area contributed by atoms with Gasteiger partial charge in [0.15, 0.2) is 0 Å². The summed E-state index contributed by atoms with van der Waals surface area (Å²) in [5, 5.41) is 9.50. The van der Waals surface area contributed by atoms with Crippen molar-refractivity contribution in [2.75, 3.05) is 24.5 Å². The molecule has 5 heteroatoms. The van der Waals surface area contributed by atoms with Crippen LogP contribution in [0.3, 0.4) is 0 Å². The van der Waals surface area contributed by atoms with Crippen LogP contribution >= 0.6 is 0 Å². The molecule has 0 radical (unpaired) electrons. The van der Waals surface area contributed by atoms with Crippen molar-refractivity contribution in [1.29, 1.82) is 5.26 Å². The third-order valence-corrected chi connectivity index (χ3v) is 3.93. The predicted molar refractivity (Wildman–Crippen MR) is 85.2 cm³/mol. The van der Waals surface area contributed by atoms with E-state index in [0.29, 0.717) is 6.54 Å². The fraction of sp³-hybridized carbons (Fsp3) is 0.353.